The van der Waals surface area contributed by atoms with Gasteiger partial charge in [-0.05, 0) is 13.5 Å². The average molecular weight is 158 g/mol. The van der Waals surface area contributed by atoms with E-state index in [9.17, 15) is 4.79 Å². The van der Waals surface area contributed by atoms with Crippen LogP contribution in [0, 0.1) is 0 Å². The van der Waals surface area contributed by atoms with Crippen LogP contribution in [-0.4, -0.2) is 26.0 Å². The van der Waals surface area contributed by atoms with E-state index < -0.39 is 0 Å². The first-order chi connectivity index (χ1) is 5.26. The van der Waals surface area contributed by atoms with Crippen LogP contribution in [0.25, 0.3) is 0 Å². The highest BCUT2D eigenvalue weighted by Gasteiger charge is 2.12. The van der Waals surface area contributed by atoms with E-state index in [0.29, 0.717) is 0 Å². The van der Waals surface area contributed by atoms with E-state index >= 15 is 0 Å². The highest BCUT2D eigenvalue weighted by atomic mass is 16.2. The maximum atomic E-state index is 11.1. The summed E-state index contributed by atoms with van der Waals surface area (Å²) < 4.78 is 0. The lowest BCUT2D eigenvalue weighted by Gasteiger charge is -2.12. The summed E-state index contributed by atoms with van der Waals surface area (Å²) in [5.74, 6) is 0.0842. The number of amides is 1. The Bertz CT molecular complexity index is 115. The van der Waals surface area contributed by atoms with Gasteiger partial charge in [0.15, 0.2) is 0 Å². The largest absolute Gasteiger partial charge is 0.358 e. The third kappa shape index (κ3) is 3.98. The summed E-state index contributed by atoms with van der Waals surface area (Å²) >= 11 is 0. The predicted molar refractivity (Wildman–Crippen MR) is 46.4 cm³/mol. The molecule has 0 saturated carbocycles. The normalized spacial score (nSPS) is 12.6. The van der Waals surface area contributed by atoms with Crippen molar-refractivity contribution in [1.29, 1.82) is 0 Å². The molecule has 0 aliphatic heterocycles. The molecular formula is C8H18N2O. The van der Waals surface area contributed by atoms with Crippen molar-refractivity contribution in [3.63, 3.8) is 0 Å². The number of nitrogens with one attached hydrogen (secondary N) is 2. The Morgan fingerprint density at radius 1 is 1.45 bits per heavy atom. The van der Waals surface area contributed by atoms with E-state index in [4.69, 9.17) is 0 Å². The van der Waals surface area contributed by atoms with Gasteiger partial charge in [0.2, 0.25) is 5.91 Å². The number of carbonyl (C=O) groups excluding carboxylic acids is 1. The second-order valence-corrected chi connectivity index (χ2v) is 2.60. The lowest BCUT2D eigenvalue weighted by atomic mass is 10.1. The molecule has 0 saturated heterocycles. The number of rotatable bonds is 5. The van der Waals surface area contributed by atoms with Gasteiger partial charge in [0.05, 0.1) is 6.04 Å². The molecule has 0 rings (SSSR count). The summed E-state index contributed by atoms with van der Waals surface area (Å²) in [6.07, 6.45) is 3.15. The fraction of sp³-hybridized carbons (Fsp3) is 0.875. The van der Waals surface area contributed by atoms with Gasteiger partial charge >= 0.3 is 0 Å². The van der Waals surface area contributed by atoms with Gasteiger partial charge in [-0.3, -0.25) is 4.79 Å². The molecule has 3 nitrogen and oxygen atoms in total. The van der Waals surface area contributed by atoms with Gasteiger partial charge in [0.1, 0.15) is 0 Å². The minimum atomic E-state index is -0.0139. The van der Waals surface area contributed by atoms with Crippen LogP contribution in [0.15, 0.2) is 0 Å². The van der Waals surface area contributed by atoms with Crippen LogP contribution in [0.1, 0.15) is 26.2 Å². The van der Waals surface area contributed by atoms with Crippen molar-refractivity contribution in [3.8, 4) is 0 Å². The van der Waals surface area contributed by atoms with Crippen LogP contribution in [-0.2, 0) is 4.79 Å². The van der Waals surface area contributed by atoms with Gasteiger partial charge < -0.3 is 10.6 Å². The topological polar surface area (TPSA) is 41.1 Å². The van der Waals surface area contributed by atoms with Crippen molar-refractivity contribution in [2.24, 2.45) is 0 Å². The average Bonchev–Trinajstić information content (AvgIpc) is 2.05. The summed E-state index contributed by atoms with van der Waals surface area (Å²) in [5, 5.41) is 5.60. The van der Waals surface area contributed by atoms with Crippen molar-refractivity contribution in [3.05, 3.63) is 0 Å². The van der Waals surface area contributed by atoms with Crippen LogP contribution in [0.5, 0.6) is 0 Å². The van der Waals surface area contributed by atoms with Crippen molar-refractivity contribution in [2.75, 3.05) is 14.1 Å². The molecular weight excluding hydrogens is 140 g/mol. The predicted octanol–water partition coefficient (Wildman–Crippen LogP) is 0.511. The lowest BCUT2D eigenvalue weighted by Crippen LogP contribution is -2.40. The molecule has 0 aliphatic carbocycles. The Morgan fingerprint density at radius 2 is 2.09 bits per heavy atom. The minimum Gasteiger partial charge on any atom is -0.358 e. The number of hydrogen-bond donors (Lipinski definition) is 2. The first-order valence-corrected chi connectivity index (χ1v) is 4.15. The molecule has 0 aromatic rings. The standard InChI is InChI=1S/C8H18N2O/c1-4-5-6-7(9-2)8(11)10-3/h7,9H,4-6H2,1-3H3,(H,10,11)/t7-/m0/s1. The molecule has 0 radical (unpaired) electrons. The summed E-state index contributed by atoms with van der Waals surface area (Å²) in [4.78, 5) is 11.1. The van der Waals surface area contributed by atoms with Crippen molar-refractivity contribution in [1.82, 2.24) is 10.6 Å². The molecule has 2 N–H and O–H groups in total. The molecule has 0 bridgehead atoms. The van der Waals surface area contributed by atoms with Crippen molar-refractivity contribution < 1.29 is 4.79 Å². The van der Waals surface area contributed by atoms with E-state index in [2.05, 4.69) is 17.6 Å². The summed E-state index contributed by atoms with van der Waals surface area (Å²) in [6.45, 7) is 2.12. The molecule has 0 aromatic carbocycles. The number of unbranched alkanes of at least 4 members (excludes halogenated alkanes) is 1. The monoisotopic (exact) mass is 158 g/mol. The highest BCUT2D eigenvalue weighted by molar-refractivity contribution is 5.81. The van der Waals surface area contributed by atoms with E-state index in [1.54, 1.807) is 7.05 Å². The molecule has 11 heavy (non-hydrogen) atoms. The SMILES string of the molecule is CCCC[C@H](NC)C(=O)NC. The van der Waals surface area contributed by atoms with E-state index in [-0.39, 0.29) is 11.9 Å². The van der Waals surface area contributed by atoms with Gasteiger partial charge in [-0.2, -0.15) is 0 Å². The van der Waals surface area contributed by atoms with Crippen LogP contribution in [0.4, 0.5) is 0 Å². The lowest BCUT2D eigenvalue weighted by molar-refractivity contribution is -0.122. The summed E-state index contributed by atoms with van der Waals surface area (Å²) in [7, 11) is 3.48. The van der Waals surface area contributed by atoms with Crippen LogP contribution in [0.2, 0.25) is 0 Å². The molecule has 0 spiro atoms. The minimum absolute atomic E-state index is 0.0139. The maximum Gasteiger partial charge on any atom is 0.236 e. The van der Waals surface area contributed by atoms with E-state index in [0.717, 1.165) is 19.3 Å². The van der Waals surface area contributed by atoms with Gasteiger partial charge in [0, 0.05) is 7.05 Å². The Labute approximate surface area is 68.6 Å². The Balaban J connectivity index is 3.65. The molecule has 1 atom stereocenters. The second kappa shape index (κ2) is 6.16. The van der Waals surface area contributed by atoms with Crippen LogP contribution in [0.3, 0.4) is 0 Å². The van der Waals surface area contributed by atoms with Crippen molar-refractivity contribution >= 4 is 5.91 Å². The van der Waals surface area contributed by atoms with Crippen LogP contribution < -0.4 is 10.6 Å². The van der Waals surface area contributed by atoms with Crippen molar-refractivity contribution in [2.45, 2.75) is 32.2 Å². The number of hydrogen-bond acceptors (Lipinski definition) is 2. The number of likely N-dealkylation sites (N-methyl/N-ethyl adjacent to an activating group) is 2. The second-order valence-electron chi connectivity index (χ2n) is 2.60. The molecule has 0 heterocycles. The quantitative estimate of drug-likeness (QED) is 0.612. The molecule has 1 amide bonds. The summed E-state index contributed by atoms with van der Waals surface area (Å²) in [5.41, 5.74) is 0. The molecule has 0 aromatic heterocycles. The zero-order valence-electron chi connectivity index (χ0n) is 7.61. The molecule has 66 valence electrons. The molecule has 3 heteroatoms. The third-order valence-corrected chi connectivity index (χ3v) is 1.76. The zero-order chi connectivity index (χ0) is 8.69. The Kier molecular flexibility index (Phi) is 5.84. The Morgan fingerprint density at radius 3 is 2.45 bits per heavy atom. The van der Waals surface area contributed by atoms with Crippen LogP contribution >= 0.6 is 0 Å². The molecule has 0 unspecified atom stereocenters. The third-order valence-electron chi connectivity index (χ3n) is 1.76. The van der Waals surface area contributed by atoms with Gasteiger partial charge in [-0.25, -0.2) is 0 Å². The Hall–Kier alpha value is -0.570. The van der Waals surface area contributed by atoms with Gasteiger partial charge in [0.25, 0.3) is 0 Å². The van der Waals surface area contributed by atoms with E-state index in [1.165, 1.54) is 0 Å². The smallest absolute Gasteiger partial charge is 0.236 e. The fourth-order valence-corrected chi connectivity index (χ4v) is 0.989. The molecule has 0 aliphatic rings. The van der Waals surface area contributed by atoms with Gasteiger partial charge in [-0.1, -0.05) is 19.8 Å². The maximum absolute atomic E-state index is 11.1. The zero-order valence-corrected chi connectivity index (χ0v) is 7.61. The summed E-state index contributed by atoms with van der Waals surface area (Å²) in [6, 6.07) is -0.0139. The number of carbonyl (C=O) groups is 1. The van der Waals surface area contributed by atoms with E-state index in [1.807, 2.05) is 7.05 Å². The fourth-order valence-electron chi connectivity index (χ4n) is 0.989. The first-order valence-electron chi connectivity index (χ1n) is 4.15. The molecule has 0 fully saturated rings. The first kappa shape index (κ1) is 10.4. The highest BCUT2D eigenvalue weighted by Crippen LogP contribution is 1.99. The van der Waals surface area contributed by atoms with Gasteiger partial charge in [-0.15, -0.1) is 0 Å².